The van der Waals surface area contributed by atoms with Gasteiger partial charge in [0.25, 0.3) is 5.91 Å². The Kier molecular flexibility index (Phi) is 4.39. The van der Waals surface area contributed by atoms with Gasteiger partial charge in [-0.05, 0) is 48.9 Å². The van der Waals surface area contributed by atoms with Gasteiger partial charge >= 0.3 is 6.03 Å². The number of imide groups is 1. The van der Waals surface area contributed by atoms with Crippen molar-refractivity contribution in [3.05, 3.63) is 77.0 Å². The van der Waals surface area contributed by atoms with Gasteiger partial charge in [0, 0.05) is 10.6 Å². The van der Waals surface area contributed by atoms with Gasteiger partial charge in [0.1, 0.15) is 17.9 Å². The Morgan fingerprint density at radius 2 is 1.82 bits per heavy atom. The summed E-state index contributed by atoms with van der Waals surface area (Å²) in [4.78, 5) is 30.5. The van der Waals surface area contributed by atoms with Gasteiger partial charge in [-0.2, -0.15) is 0 Å². The Bertz CT molecular complexity index is 1050. The molecule has 1 unspecified atom stereocenters. The minimum Gasteiger partial charge on any atom is -0.439 e. The normalized spacial score (nSPS) is 19.2. The summed E-state index contributed by atoms with van der Waals surface area (Å²) in [6, 6.07) is 11.9. The summed E-state index contributed by atoms with van der Waals surface area (Å²) < 4.78 is 18.9. The fraction of sp³-hybridized carbons (Fsp3) is 0.150. The van der Waals surface area contributed by atoms with Gasteiger partial charge in [0.2, 0.25) is 5.89 Å². The number of rotatable bonds is 4. The zero-order valence-corrected chi connectivity index (χ0v) is 15.5. The topological polar surface area (TPSA) is 75.4 Å². The van der Waals surface area contributed by atoms with Crippen LogP contribution in [-0.2, 0) is 16.9 Å². The van der Waals surface area contributed by atoms with Crippen molar-refractivity contribution < 1.29 is 18.4 Å². The van der Waals surface area contributed by atoms with Gasteiger partial charge < -0.3 is 9.73 Å². The average molecular weight is 400 g/mol. The van der Waals surface area contributed by atoms with Gasteiger partial charge in [0.05, 0.1) is 6.20 Å². The minimum atomic E-state index is -1.28. The largest absolute Gasteiger partial charge is 0.439 e. The molecule has 142 valence electrons. The zero-order valence-electron chi connectivity index (χ0n) is 14.8. The van der Waals surface area contributed by atoms with Crippen LogP contribution in [0.15, 0.2) is 59.1 Å². The Hall–Kier alpha value is -3.19. The third-order valence-electron chi connectivity index (χ3n) is 4.67. The highest BCUT2D eigenvalue weighted by atomic mass is 35.5. The monoisotopic (exact) mass is 399 g/mol. The maximum Gasteiger partial charge on any atom is 0.325 e. The highest BCUT2D eigenvalue weighted by molar-refractivity contribution is 6.30. The standard InChI is InChI=1S/C20H15ClFN3O3/c1-20(13-4-8-15(22)9-5-13)18(26)25(19(27)24-20)11-17-23-10-16(28-17)12-2-6-14(21)7-3-12/h2-10H,11H2,1H3,(H,24,27). The Morgan fingerprint density at radius 3 is 2.50 bits per heavy atom. The lowest BCUT2D eigenvalue weighted by atomic mass is 9.92. The summed E-state index contributed by atoms with van der Waals surface area (Å²) in [5.74, 6) is -0.164. The van der Waals surface area contributed by atoms with Crippen molar-refractivity contribution in [3.8, 4) is 11.3 Å². The number of carbonyl (C=O) groups is 2. The van der Waals surface area contributed by atoms with Gasteiger partial charge in [0.15, 0.2) is 5.76 Å². The molecular weight excluding hydrogens is 385 g/mol. The summed E-state index contributed by atoms with van der Waals surface area (Å²) in [7, 11) is 0. The fourth-order valence-electron chi connectivity index (χ4n) is 3.09. The van der Waals surface area contributed by atoms with E-state index in [1.807, 2.05) is 0 Å². The lowest BCUT2D eigenvalue weighted by Gasteiger charge is -2.21. The molecule has 2 aromatic carbocycles. The predicted octanol–water partition coefficient (Wildman–Crippen LogP) is 4.10. The second-order valence-electron chi connectivity index (χ2n) is 6.58. The van der Waals surface area contributed by atoms with Crippen molar-refractivity contribution in [1.29, 1.82) is 0 Å². The Balaban J connectivity index is 1.55. The smallest absolute Gasteiger partial charge is 0.325 e. The van der Waals surface area contributed by atoms with Crippen molar-refractivity contribution in [1.82, 2.24) is 15.2 Å². The first-order chi connectivity index (χ1) is 13.4. The molecule has 6 nitrogen and oxygen atoms in total. The number of carbonyl (C=O) groups excluding carboxylic acids is 2. The fourth-order valence-corrected chi connectivity index (χ4v) is 3.21. The molecule has 1 saturated heterocycles. The molecule has 8 heteroatoms. The van der Waals surface area contributed by atoms with Crippen LogP contribution in [0.2, 0.25) is 5.02 Å². The van der Waals surface area contributed by atoms with E-state index in [0.29, 0.717) is 16.3 Å². The van der Waals surface area contributed by atoms with Crippen LogP contribution >= 0.6 is 11.6 Å². The van der Waals surface area contributed by atoms with Crippen molar-refractivity contribution >= 4 is 23.5 Å². The van der Waals surface area contributed by atoms with Gasteiger partial charge in [-0.1, -0.05) is 23.7 Å². The van der Waals surface area contributed by atoms with Gasteiger partial charge in [-0.25, -0.2) is 14.2 Å². The van der Waals surface area contributed by atoms with E-state index < -0.39 is 23.3 Å². The highest BCUT2D eigenvalue weighted by Gasteiger charge is 2.49. The molecule has 1 fully saturated rings. The molecule has 28 heavy (non-hydrogen) atoms. The zero-order chi connectivity index (χ0) is 19.9. The minimum absolute atomic E-state index is 0.116. The molecular formula is C20H15ClFN3O3. The first kappa shape index (κ1) is 18.2. The van der Waals surface area contributed by atoms with Crippen LogP contribution in [0.3, 0.4) is 0 Å². The van der Waals surface area contributed by atoms with E-state index in [1.54, 1.807) is 31.2 Å². The molecule has 1 aliphatic heterocycles. The number of oxazole rings is 1. The quantitative estimate of drug-likeness (QED) is 0.670. The van der Waals surface area contributed by atoms with E-state index in [0.717, 1.165) is 10.5 Å². The van der Waals surface area contributed by atoms with E-state index in [2.05, 4.69) is 10.3 Å². The maximum absolute atomic E-state index is 13.2. The van der Waals surface area contributed by atoms with Crippen LogP contribution in [0, 0.1) is 5.82 Å². The predicted molar refractivity (Wildman–Crippen MR) is 99.8 cm³/mol. The Labute approximate surface area is 164 Å². The lowest BCUT2D eigenvalue weighted by Crippen LogP contribution is -2.40. The van der Waals surface area contributed by atoms with Crippen LogP contribution in [0.1, 0.15) is 18.4 Å². The van der Waals surface area contributed by atoms with E-state index in [9.17, 15) is 14.0 Å². The van der Waals surface area contributed by atoms with Gasteiger partial charge in [-0.15, -0.1) is 0 Å². The van der Waals surface area contributed by atoms with Crippen LogP contribution in [0.5, 0.6) is 0 Å². The van der Waals surface area contributed by atoms with E-state index in [1.165, 1.54) is 30.5 Å². The molecule has 4 rings (SSSR count). The van der Waals surface area contributed by atoms with Crippen molar-refractivity contribution in [2.24, 2.45) is 0 Å². The SMILES string of the molecule is CC1(c2ccc(F)cc2)NC(=O)N(Cc2ncc(-c3ccc(Cl)cc3)o2)C1=O. The molecule has 1 atom stereocenters. The summed E-state index contributed by atoms with van der Waals surface area (Å²) in [5.41, 5.74) is -0.0170. The number of urea groups is 1. The maximum atomic E-state index is 13.2. The number of nitrogens with one attached hydrogen (secondary N) is 1. The molecule has 0 aliphatic carbocycles. The molecule has 0 saturated carbocycles. The van der Waals surface area contributed by atoms with Crippen molar-refractivity contribution in [2.45, 2.75) is 19.0 Å². The third-order valence-corrected chi connectivity index (χ3v) is 4.92. The van der Waals surface area contributed by atoms with E-state index in [4.69, 9.17) is 16.0 Å². The summed E-state index contributed by atoms with van der Waals surface area (Å²) >= 11 is 5.88. The molecule has 2 heterocycles. The Morgan fingerprint density at radius 1 is 1.14 bits per heavy atom. The number of hydrogen-bond donors (Lipinski definition) is 1. The summed E-state index contributed by atoms with van der Waals surface area (Å²) in [6.45, 7) is 1.46. The van der Waals surface area contributed by atoms with Crippen LogP contribution in [0.25, 0.3) is 11.3 Å². The number of halogens is 2. The van der Waals surface area contributed by atoms with Gasteiger partial charge in [-0.3, -0.25) is 9.69 Å². The molecule has 3 aromatic rings. The number of hydrogen-bond acceptors (Lipinski definition) is 4. The van der Waals surface area contributed by atoms with Crippen LogP contribution in [0.4, 0.5) is 9.18 Å². The van der Waals surface area contributed by atoms with Crippen LogP contribution < -0.4 is 5.32 Å². The van der Waals surface area contributed by atoms with E-state index >= 15 is 0 Å². The van der Waals surface area contributed by atoms with E-state index in [-0.39, 0.29) is 12.4 Å². The number of nitrogens with zero attached hydrogens (tertiary/aromatic N) is 2. The number of amides is 3. The first-order valence-electron chi connectivity index (χ1n) is 8.47. The average Bonchev–Trinajstić information content (AvgIpc) is 3.22. The molecule has 0 bridgehead atoms. The first-order valence-corrected chi connectivity index (χ1v) is 8.85. The summed E-state index contributed by atoms with van der Waals surface area (Å²) in [6.07, 6.45) is 1.52. The number of aromatic nitrogens is 1. The summed E-state index contributed by atoms with van der Waals surface area (Å²) in [5, 5.41) is 3.26. The molecule has 3 amide bonds. The molecule has 0 spiro atoms. The van der Waals surface area contributed by atoms with Crippen molar-refractivity contribution in [2.75, 3.05) is 0 Å². The second kappa shape index (κ2) is 6.76. The number of benzene rings is 2. The molecule has 1 aliphatic rings. The molecule has 1 aromatic heterocycles. The lowest BCUT2D eigenvalue weighted by molar-refractivity contribution is -0.131. The molecule has 1 N–H and O–H groups in total. The van der Waals surface area contributed by atoms with Crippen molar-refractivity contribution in [3.63, 3.8) is 0 Å². The molecule has 0 radical (unpaired) electrons. The third kappa shape index (κ3) is 3.14. The second-order valence-corrected chi connectivity index (χ2v) is 7.01. The van der Waals surface area contributed by atoms with Crippen LogP contribution in [-0.4, -0.2) is 21.8 Å². The highest BCUT2D eigenvalue weighted by Crippen LogP contribution is 2.30.